The highest BCUT2D eigenvalue weighted by atomic mass is 32.1. The summed E-state index contributed by atoms with van der Waals surface area (Å²) in [7, 11) is 0. The fourth-order valence-corrected chi connectivity index (χ4v) is 3.63. The molecule has 1 aromatic rings. The summed E-state index contributed by atoms with van der Waals surface area (Å²) < 4.78 is 0. The Morgan fingerprint density at radius 1 is 1.47 bits per heavy atom. The Morgan fingerprint density at radius 2 is 2.32 bits per heavy atom. The van der Waals surface area contributed by atoms with E-state index < -0.39 is 0 Å². The maximum Gasteiger partial charge on any atom is 0.185 e. The fraction of sp³-hybridized carbons (Fsp3) is 0.800. The maximum absolute atomic E-state index is 4.82. The van der Waals surface area contributed by atoms with Crippen LogP contribution in [0.2, 0.25) is 0 Å². The van der Waals surface area contributed by atoms with Crippen molar-refractivity contribution >= 4 is 16.5 Å². The molecule has 0 radical (unpaired) electrons. The zero-order chi connectivity index (χ0) is 13.7. The number of piperidine rings is 1. The Balaban J connectivity index is 1.99. The molecule has 0 saturated carbocycles. The van der Waals surface area contributed by atoms with Crippen molar-refractivity contribution in [2.75, 3.05) is 11.4 Å². The molecule has 19 heavy (non-hydrogen) atoms. The van der Waals surface area contributed by atoms with E-state index in [0.29, 0.717) is 6.04 Å². The van der Waals surface area contributed by atoms with Gasteiger partial charge in [-0.25, -0.2) is 4.98 Å². The van der Waals surface area contributed by atoms with Crippen LogP contribution in [0.5, 0.6) is 0 Å². The van der Waals surface area contributed by atoms with Crippen LogP contribution in [-0.2, 0) is 6.54 Å². The van der Waals surface area contributed by atoms with Gasteiger partial charge in [0.2, 0.25) is 0 Å². The van der Waals surface area contributed by atoms with E-state index in [2.05, 4.69) is 36.4 Å². The zero-order valence-electron chi connectivity index (χ0n) is 12.5. The lowest BCUT2D eigenvalue weighted by Gasteiger charge is -2.35. The molecular formula is C15H27N3S. The highest BCUT2D eigenvalue weighted by molar-refractivity contribution is 7.13. The van der Waals surface area contributed by atoms with E-state index in [9.17, 15) is 0 Å². The quantitative estimate of drug-likeness (QED) is 0.859. The number of rotatable bonds is 6. The summed E-state index contributed by atoms with van der Waals surface area (Å²) >= 11 is 1.81. The van der Waals surface area contributed by atoms with Crippen LogP contribution in [0, 0.1) is 0 Å². The first-order valence-corrected chi connectivity index (χ1v) is 8.53. The lowest BCUT2D eigenvalue weighted by Crippen LogP contribution is -2.39. The first-order chi connectivity index (χ1) is 9.20. The predicted octanol–water partition coefficient (Wildman–Crippen LogP) is 3.80. The molecule has 0 aliphatic carbocycles. The summed E-state index contributed by atoms with van der Waals surface area (Å²) in [6.07, 6.45) is 6.62. The van der Waals surface area contributed by atoms with Crippen molar-refractivity contribution < 1.29 is 0 Å². The summed E-state index contributed by atoms with van der Waals surface area (Å²) in [4.78, 5) is 7.37. The third-order valence-corrected chi connectivity index (χ3v) is 4.65. The van der Waals surface area contributed by atoms with E-state index in [0.717, 1.165) is 12.6 Å². The molecule has 108 valence electrons. The van der Waals surface area contributed by atoms with E-state index >= 15 is 0 Å². The smallest absolute Gasteiger partial charge is 0.185 e. The van der Waals surface area contributed by atoms with Crippen molar-refractivity contribution in [3.63, 3.8) is 0 Å². The average Bonchev–Trinajstić information content (AvgIpc) is 2.86. The van der Waals surface area contributed by atoms with Gasteiger partial charge >= 0.3 is 0 Å². The summed E-state index contributed by atoms with van der Waals surface area (Å²) in [5.41, 5.74) is 1.19. The molecular weight excluding hydrogens is 254 g/mol. The first kappa shape index (κ1) is 14.8. The topological polar surface area (TPSA) is 28.2 Å². The van der Waals surface area contributed by atoms with Crippen LogP contribution >= 0.6 is 11.3 Å². The predicted molar refractivity (Wildman–Crippen MR) is 84.0 cm³/mol. The number of aromatic nitrogens is 1. The molecule has 1 aliphatic rings. The van der Waals surface area contributed by atoms with E-state index in [1.165, 1.54) is 49.5 Å². The van der Waals surface area contributed by atoms with Crippen LogP contribution in [0.4, 0.5) is 5.13 Å². The average molecular weight is 281 g/mol. The second-order valence-electron chi connectivity index (χ2n) is 5.79. The van der Waals surface area contributed by atoms with Crippen LogP contribution < -0.4 is 10.2 Å². The summed E-state index contributed by atoms with van der Waals surface area (Å²) in [6.45, 7) is 8.71. The highest BCUT2D eigenvalue weighted by Gasteiger charge is 2.23. The van der Waals surface area contributed by atoms with E-state index in [1.54, 1.807) is 0 Å². The molecule has 2 rings (SSSR count). The minimum absolute atomic E-state index is 0.521. The van der Waals surface area contributed by atoms with Crippen molar-refractivity contribution in [1.29, 1.82) is 0 Å². The summed E-state index contributed by atoms with van der Waals surface area (Å²) in [6, 6.07) is 1.24. The molecule has 4 heteroatoms. The molecule has 1 aromatic heterocycles. The molecule has 1 N–H and O–H groups in total. The van der Waals surface area contributed by atoms with Gasteiger partial charge in [-0.3, -0.25) is 0 Å². The van der Waals surface area contributed by atoms with Gasteiger partial charge < -0.3 is 10.2 Å². The largest absolute Gasteiger partial charge is 0.345 e. The molecule has 0 bridgehead atoms. The Kier molecular flexibility index (Phi) is 5.64. The lowest BCUT2D eigenvalue weighted by molar-refractivity contribution is 0.434. The number of hydrogen-bond donors (Lipinski definition) is 1. The Bertz CT molecular complexity index is 373. The van der Waals surface area contributed by atoms with E-state index in [4.69, 9.17) is 4.98 Å². The van der Waals surface area contributed by atoms with Gasteiger partial charge in [0.05, 0.1) is 5.69 Å². The Morgan fingerprint density at radius 3 is 3.05 bits per heavy atom. The Hall–Kier alpha value is -0.610. The number of hydrogen-bond acceptors (Lipinski definition) is 4. The van der Waals surface area contributed by atoms with Gasteiger partial charge in [-0.2, -0.15) is 0 Å². The molecule has 0 spiro atoms. The number of anilines is 1. The highest BCUT2D eigenvalue weighted by Crippen LogP contribution is 2.29. The number of nitrogens with zero attached hydrogens (tertiary/aromatic N) is 2. The number of nitrogens with one attached hydrogen (secondary N) is 1. The molecule has 1 unspecified atom stereocenters. The van der Waals surface area contributed by atoms with Crippen molar-refractivity contribution in [3.05, 3.63) is 11.1 Å². The molecule has 3 nitrogen and oxygen atoms in total. The van der Waals surface area contributed by atoms with Gasteiger partial charge in [-0.05, 0) is 25.7 Å². The standard InChI is InChI=1S/C15H27N3S/c1-4-7-14-8-5-6-9-18(14)15-17-13(11-19-15)10-16-12(2)3/h11-12,14,16H,4-10H2,1-3H3. The SMILES string of the molecule is CCCC1CCCCN1c1nc(CNC(C)C)cs1. The summed E-state index contributed by atoms with van der Waals surface area (Å²) in [5.74, 6) is 0. The number of thiazole rings is 1. The minimum Gasteiger partial charge on any atom is -0.345 e. The van der Waals surface area contributed by atoms with Gasteiger partial charge in [0.25, 0.3) is 0 Å². The van der Waals surface area contributed by atoms with Crippen molar-refractivity contribution in [3.8, 4) is 0 Å². The van der Waals surface area contributed by atoms with Crippen molar-refractivity contribution in [2.24, 2.45) is 0 Å². The van der Waals surface area contributed by atoms with Crippen LogP contribution in [-0.4, -0.2) is 23.6 Å². The lowest BCUT2D eigenvalue weighted by atomic mass is 9.99. The van der Waals surface area contributed by atoms with E-state index in [1.807, 2.05) is 11.3 Å². The van der Waals surface area contributed by atoms with Crippen LogP contribution in [0.1, 0.15) is 58.6 Å². The van der Waals surface area contributed by atoms with Gasteiger partial charge in [-0.15, -0.1) is 11.3 Å². The second kappa shape index (κ2) is 7.25. The molecule has 1 saturated heterocycles. The molecule has 1 aliphatic heterocycles. The molecule has 1 atom stereocenters. The van der Waals surface area contributed by atoms with Gasteiger partial charge in [0.15, 0.2) is 5.13 Å². The van der Waals surface area contributed by atoms with Crippen LogP contribution in [0.15, 0.2) is 5.38 Å². The van der Waals surface area contributed by atoms with Crippen molar-refractivity contribution in [1.82, 2.24) is 10.3 Å². The minimum atomic E-state index is 0.521. The zero-order valence-corrected chi connectivity index (χ0v) is 13.3. The monoisotopic (exact) mass is 281 g/mol. The third kappa shape index (κ3) is 4.18. The van der Waals surface area contributed by atoms with Crippen molar-refractivity contribution in [2.45, 2.75) is 71.5 Å². The summed E-state index contributed by atoms with van der Waals surface area (Å²) in [5, 5.41) is 6.89. The van der Waals surface area contributed by atoms with Gasteiger partial charge in [0.1, 0.15) is 0 Å². The third-order valence-electron chi connectivity index (χ3n) is 3.73. The van der Waals surface area contributed by atoms with E-state index in [-0.39, 0.29) is 0 Å². The first-order valence-electron chi connectivity index (χ1n) is 7.65. The molecule has 2 heterocycles. The molecule has 0 amide bonds. The van der Waals surface area contributed by atoms with Gasteiger partial charge in [-0.1, -0.05) is 27.2 Å². The maximum atomic E-state index is 4.82. The normalized spacial score (nSPS) is 20.2. The molecule has 1 fully saturated rings. The second-order valence-corrected chi connectivity index (χ2v) is 6.63. The molecule has 0 aromatic carbocycles. The van der Waals surface area contributed by atoms with Gasteiger partial charge in [0, 0.05) is 30.6 Å². The Labute approximate surface area is 121 Å². The fourth-order valence-electron chi connectivity index (χ4n) is 2.70. The van der Waals surface area contributed by atoms with Crippen LogP contribution in [0.25, 0.3) is 0 Å². The van der Waals surface area contributed by atoms with Crippen LogP contribution in [0.3, 0.4) is 0 Å².